The summed E-state index contributed by atoms with van der Waals surface area (Å²) in [6.45, 7) is 2.04. The van der Waals surface area contributed by atoms with Crippen molar-refractivity contribution in [2.24, 2.45) is 0 Å². The molecule has 0 N–H and O–H groups in total. The van der Waals surface area contributed by atoms with Gasteiger partial charge in [-0.05, 0) is 47.8 Å². The van der Waals surface area contributed by atoms with Crippen LogP contribution in [0.25, 0.3) is 5.65 Å². The Morgan fingerprint density at radius 3 is 2.66 bits per heavy atom. The van der Waals surface area contributed by atoms with Crippen LogP contribution in [0.2, 0.25) is 0 Å². The fourth-order valence-electron chi connectivity index (χ4n) is 3.00. The summed E-state index contributed by atoms with van der Waals surface area (Å²) in [5.74, 6) is 2.26. The smallest absolute Gasteiger partial charge is 0.358 e. The molecule has 0 amide bonds. The topological polar surface area (TPSA) is 112 Å². The van der Waals surface area contributed by atoms with Crippen molar-refractivity contribution in [1.82, 2.24) is 29.5 Å². The predicted octanol–water partition coefficient (Wildman–Crippen LogP) is 4.42. The van der Waals surface area contributed by atoms with Crippen LogP contribution in [0.3, 0.4) is 0 Å². The van der Waals surface area contributed by atoms with E-state index in [1.807, 2.05) is 19.1 Å². The summed E-state index contributed by atoms with van der Waals surface area (Å²) >= 11 is 8.01. The number of pyridine rings is 1. The van der Waals surface area contributed by atoms with Crippen LogP contribution in [-0.2, 0) is 0 Å². The van der Waals surface area contributed by atoms with Crippen molar-refractivity contribution in [3.63, 3.8) is 0 Å². The van der Waals surface area contributed by atoms with Gasteiger partial charge in [-0.15, -0.1) is 23.5 Å². The van der Waals surface area contributed by atoms with E-state index in [4.69, 9.17) is 0 Å². The van der Waals surface area contributed by atoms with E-state index in [1.165, 1.54) is 10.7 Å². The number of thioether (sulfide) groups is 2. The van der Waals surface area contributed by atoms with Crippen molar-refractivity contribution in [3.8, 4) is 0 Å². The lowest BCUT2D eigenvalue weighted by Crippen LogP contribution is -2.04. The monoisotopic (exact) mass is 485 g/mol. The molecule has 164 valence electrons. The van der Waals surface area contributed by atoms with Crippen molar-refractivity contribution in [2.75, 3.05) is 11.5 Å². The highest BCUT2D eigenvalue weighted by Gasteiger charge is 2.18. The fraction of sp³-hybridized carbons (Fsp3) is 0.250. The van der Waals surface area contributed by atoms with Gasteiger partial charge in [0.25, 0.3) is 0 Å². The van der Waals surface area contributed by atoms with Crippen LogP contribution in [-0.4, -0.2) is 46.0 Å². The molecule has 9 nitrogen and oxygen atoms in total. The van der Waals surface area contributed by atoms with Gasteiger partial charge in [-0.1, -0.05) is 9.61 Å². The molecule has 4 aromatic rings. The largest absolute Gasteiger partial charge is 0.368 e. The van der Waals surface area contributed by atoms with E-state index in [9.17, 15) is 10.1 Å². The second-order valence-corrected chi connectivity index (χ2v) is 9.46. The van der Waals surface area contributed by atoms with Crippen LogP contribution >= 0.6 is 36.2 Å². The quantitative estimate of drug-likeness (QED) is 0.121. The lowest BCUT2D eigenvalue weighted by atomic mass is 10.1. The van der Waals surface area contributed by atoms with Crippen LogP contribution in [0.4, 0.5) is 5.82 Å². The van der Waals surface area contributed by atoms with Crippen LogP contribution in [0.15, 0.2) is 59.0 Å². The third-order valence-electron chi connectivity index (χ3n) is 4.59. The van der Waals surface area contributed by atoms with Crippen molar-refractivity contribution in [2.45, 2.75) is 28.5 Å². The molecular weight excluding hydrogens is 466 g/mol. The predicted molar refractivity (Wildman–Crippen MR) is 128 cm³/mol. The second kappa shape index (κ2) is 10.3. The standard InChI is InChI=1S/C20H19N7O2S3/c1-13-14(6-9-21-18(13)19(30)20-22-7-2-8-23-20)31-10-3-11-32-16-5-4-15-24-12-17(27(28)29)26(15)25-16/h2,4-9,12,19,30H,3,10-11H2,1H3. The molecule has 0 fully saturated rings. The maximum atomic E-state index is 11.1. The zero-order valence-corrected chi connectivity index (χ0v) is 19.6. The Morgan fingerprint density at radius 1 is 1.09 bits per heavy atom. The van der Waals surface area contributed by atoms with Crippen molar-refractivity contribution in [3.05, 3.63) is 76.2 Å². The molecule has 0 saturated heterocycles. The average Bonchev–Trinajstić information content (AvgIpc) is 3.24. The van der Waals surface area contributed by atoms with Gasteiger partial charge in [0.15, 0.2) is 0 Å². The summed E-state index contributed by atoms with van der Waals surface area (Å²) in [5, 5.41) is 15.9. The zero-order chi connectivity index (χ0) is 22.5. The molecular formula is C20H19N7O2S3. The highest BCUT2D eigenvalue weighted by atomic mass is 32.2. The van der Waals surface area contributed by atoms with E-state index in [2.05, 4.69) is 37.7 Å². The number of imidazole rings is 1. The summed E-state index contributed by atoms with van der Waals surface area (Å²) < 4.78 is 1.27. The number of aromatic nitrogens is 6. The van der Waals surface area contributed by atoms with E-state index in [0.29, 0.717) is 11.5 Å². The Bertz CT molecular complexity index is 1240. The zero-order valence-electron chi connectivity index (χ0n) is 17.0. The number of thiol groups is 1. The summed E-state index contributed by atoms with van der Waals surface area (Å²) in [6, 6.07) is 7.36. The maximum Gasteiger partial charge on any atom is 0.368 e. The molecule has 1 unspecified atom stereocenters. The minimum atomic E-state index is -0.483. The molecule has 0 saturated carbocycles. The molecule has 0 aliphatic rings. The van der Waals surface area contributed by atoms with Gasteiger partial charge in [0.1, 0.15) is 22.3 Å². The van der Waals surface area contributed by atoms with Crippen molar-refractivity contribution < 1.29 is 4.92 Å². The summed E-state index contributed by atoms with van der Waals surface area (Å²) in [4.78, 5) is 28.8. The molecule has 1 atom stereocenters. The number of hydrogen-bond donors (Lipinski definition) is 1. The molecule has 4 heterocycles. The van der Waals surface area contributed by atoms with Gasteiger partial charge in [-0.2, -0.15) is 12.6 Å². The lowest BCUT2D eigenvalue weighted by Gasteiger charge is -2.14. The normalized spacial score (nSPS) is 12.2. The first-order valence-electron chi connectivity index (χ1n) is 9.70. The molecule has 0 aromatic carbocycles. The number of hydrogen-bond acceptors (Lipinski definition) is 10. The average molecular weight is 486 g/mol. The minimum absolute atomic E-state index is 0.134. The molecule has 0 bridgehead atoms. The Labute approximate surface area is 198 Å². The molecule has 0 aliphatic heterocycles. The van der Waals surface area contributed by atoms with Crippen LogP contribution in [0, 0.1) is 17.0 Å². The number of nitrogens with zero attached hydrogens (tertiary/aromatic N) is 7. The highest BCUT2D eigenvalue weighted by Crippen LogP contribution is 2.32. The highest BCUT2D eigenvalue weighted by molar-refractivity contribution is 8.00. The first-order chi connectivity index (χ1) is 15.5. The van der Waals surface area contributed by atoms with Crippen molar-refractivity contribution in [1.29, 1.82) is 0 Å². The molecule has 4 rings (SSSR count). The first kappa shape index (κ1) is 22.5. The fourth-order valence-corrected chi connectivity index (χ4v) is 5.37. The lowest BCUT2D eigenvalue weighted by molar-refractivity contribution is -0.391. The Kier molecular flexibility index (Phi) is 7.22. The molecule has 4 aromatic heterocycles. The Morgan fingerprint density at radius 2 is 1.88 bits per heavy atom. The van der Waals surface area contributed by atoms with Gasteiger partial charge in [0, 0.05) is 35.3 Å². The minimum Gasteiger partial charge on any atom is -0.358 e. The van der Waals surface area contributed by atoms with Crippen molar-refractivity contribution >= 4 is 47.6 Å². The second-order valence-electron chi connectivity index (χ2n) is 6.69. The van der Waals surface area contributed by atoms with Crippen LogP contribution in [0.5, 0.6) is 0 Å². The molecule has 12 heteroatoms. The van der Waals surface area contributed by atoms with Crippen LogP contribution in [0.1, 0.15) is 28.8 Å². The Hall–Kier alpha value is -2.70. The molecule has 0 spiro atoms. The third kappa shape index (κ3) is 5.03. The third-order valence-corrected chi connectivity index (χ3v) is 7.31. The van der Waals surface area contributed by atoms with Gasteiger partial charge in [-0.25, -0.2) is 15.0 Å². The van der Waals surface area contributed by atoms with E-state index < -0.39 is 4.92 Å². The molecule has 0 aliphatic carbocycles. The number of rotatable bonds is 9. The molecule has 32 heavy (non-hydrogen) atoms. The summed E-state index contributed by atoms with van der Waals surface area (Å²) in [7, 11) is 0. The maximum absolute atomic E-state index is 11.1. The van der Waals surface area contributed by atoms with Gasteiger partial charge in [0.2, 0.25) is 5.65 Å². The number of nitro groups is 1. The van der Waals surface area contributed by atoms with Crippen LogP contribution < -0.4 is 0 Å². The van der Waals surface area contributed by atoms with Gasteiger partial charge >= 0.3 is 5.82 Å². The van der Waals surface area contributed by atoms with Gasteiger partial charge in [-0.3, -0.25) is 4.98 Å². The van der Waals surface area contributed by atoms with Gasteiger partial charge in [0.05, 0.1) is 5.69 Å². The van der Waals surface area contributed by atoms with E-state index in [-0.39, 0.29) is 11.1 Å². The Balaban J connectivity index is 1.33. The number of fused-ring (bicyclic) bond motifs is 1. The van der Waals surface area contributed by atoms with E-state index in [1.54, 1.807) is 54.2 Å². The summed E-state index contributed by atoms with van der Waals surface area (Å²) in [5.41, 5.74) is 2.40. The van der Waals surface area contributed by atoms with E-state index in [0.717, 1.165) is 39.1 Å². The van der Waals surface area contributed by atoms with Gasteiger partial charge < -0.3 is 10.1 Å². The molecule has 0 radical (unpaired) electrons. The SMILES string of the molecule is Cc1c(SCCCSc2ccc3ncc([N+](=O)[O-])n3n2)ccnc1C(S)c1ncccn1. The summed E-state index contributed by atoms with van der Waals surface area (Å²) in [6.07, 6.45) is 7.37. The first-order valence-corrected chi connectivity index (χ1v) is 12.2. The van der Waals surface area contributed by atoms with E-state index >= 15 is 0 Å².